The predicted molar refractivity (Wildman–Crippen MR) is 103 cm³/mol. The van der Waals surface area contributed by atoms with Crippen molar-refractivity contribution < 1.29 is 4.79 Å². The standard InChI is InChI=1S/C17H13ClN4OS2/c1-2-22-11-6-4-3-5-10(11)15-16(22)19-17(21-20-15)24-9-12(23)13-7-8-14(18)25-13/h3-8H,2,9H2,1H3. The van der Waals surface area contributed by atoms with E-state index in [9.17, 15) is 4.79 Å². The fourth-order valence-electron chi connectivity index (χ4n) is 2.74. The SMILES string of the molecule is CCn1c2ccccc2c2nnc(SCC(=O)c3ccc(Cl)s3)nc21. The summed E-state index contributed by atoms with van der Waals surface area (Å²) in [6.07, 6.45) is 0. The number of aryl methyl sites for hydroxylation is 1. The van der Waals surface area contributed by atoms with Crippen LogP contribution in [0.25, 0.3) is 22.1 Å². The lowest BCUT2D eigenvalue weighted by Gasteiger charge is -2.02. The number of halogens is 1. The van der Waals surface area contributed by atoms with Gasteiger partial charge in [0.25, 0.3) is 0 Å². The summed E-state index contributed by atoms with van der Waals surface area (Å²) >= 11 is 8.46. The highest BCUT2D eigenvalue weighted by atomic mass is 35.5. The molecule has 5 nitrogen and oxygen atoms in total. The summed E-state index contributed by atoms with van der Waals surface area (Å²) in [6.45, 7) is 2.87. The summed E-state index contributed by atoms with van der Waals surface area (Å²) in [7, 11) is 0. The maximum Gasteiger partial charge on any atom is 0.211 e. The van der Waals surface area contributed by atoms with Gasteiger partial charge in [0.15, 0.2) is 11.4 Å². The molecule has 126 valence electrons. The third-order valence-electron chi connectivity index (χ3n) is 3.85. The van der Waals surface area contributed by atoms with Crippen LogP contribution in [0.4, 0.5) is 0 Å². The average Bonchev–Trinajstić information content (AvgIpc) is 3.20. The molecule has 0 atom stereocenters. The number of thiophene rings is 1. The zero-order valence-corrected chi connectivity index (χ0v) is 15.7. The summed E-state index contributed by atoms with van der Waals surface area (Å²) in [5.41, 5.74) is 2.68. The second kappa shape index (κ2) is 6.74. The summed E-state index contributed by atoms with van der Waals surface area (Å²) < 4.78 is 2.73. The molecule has 4 rings (SSSR count). The van der Waals surface area contributed by atoms with Gasteiger partial charge in [0.05, 0.1) is 20.5 Å². The highest BCUT2D eigenvalue weighted by molar-refractivity contribution is 7.99. The molecular formula is C17H13ClN4OS2. The van der Waals surface area contributed by atoms with Gasteiger partial charge in [-0.05, 0) is 25.1 Å². The van der Waals surface area contributed by atoms with Crippen molar-refractivity contribution in [2.75, 3.05) is 5.75 Å². The van der Waals surface area contributed by atoms with E-state index >= 15 is 0 Å². The first-order valence-corrected chi connectivity index (χ1v) is 9.88. The van der Waals surface area contributed by atoms with E-state index in [4.69, 9.17) is 11.6 Å². The topological polar surface area (TPSA) is 60.7 Å². The van der Waals surface area contributed by atoms with Gasteiger partial charge in [-0.3, -0.25) is 4.79 Å². The van der Waals surface area contributed by atoms with Gasteiger partial charge in [-0.2, -0.15) is 0 Å². The van der Waals surface area contributed by atoms with Crippen molar-refractivity contribution in [2.24, 2.45) is 0 Å². The number of nitrogens with zero attached hydrogens (tertiary/aromatic N) is 4. The number of ketones is 1. The molecule has 0 saturated heterocycles. The number of benzene rings is 1. The molecular weight excluding hydrogens is 376 g/mol. The van der Waals surface area contributed by atoms with Gasteiger partial charge < -0.3 is 4.57 Å². The van der Waals surface area contributed by atoms with E-state index in [0.29, 0.717) is 14.4 Å². The van der Waals surface area contributed by atoms with E-state index in [-0.39, 0.29) is 11.5 Å². The molecule has 25 heavy (non-hydrogen) atoms. The molecule has 0 radical (unpaired) electrons. The number of para-hydroxylation sites is 1. The smallest absolute Gasteiger partial charge is 0.211 e. The van der Waals surface area contributed by atoms with Gasteiger partial charge in [-0.1, -0.05) is 41.6 Å². The van der Waals surface area contributed by atoms with Crippen LogP contribution in [-0.4, -0.2) is 31.3 Å². The third kappa shape index (κ3) is 3.03. The summed E-state index contributed by atoms with van der Waals surface area (Å²) in [6, 6.07) is 11.5. The number of carbonyl (C=O) groups is 1. The number of Topliss-reactive ketones (excluding diaryl/α,β-unsaturated/α-hetero) is 1. The Balaban J connectivity index is 1.65. The lowest BCUT2D eigenvalue weighted by atomic mass is 10.2. The maximum atomic E-state index is 12.2. The first kappa shape index (κ1) is 16.5. The highest BCUT2D eigenvalue weighted by Gasteiger charge is 2.15. The van der Waals surface area contributed by atoms with Gasteiger partial charge in [-0.25, -0.2) is 4.98 Å². The molecule has 0 saturated carbocycles. The van der Waals surface area contributed by atoms with Crippen LogP contribution in [0, 0.1) is 0 Å². The fraction of sp³-hybridized carbons (Fsp3) is 0.176. The second-order valence-electron chi connectivity index (χ2n) is 5.34. The molecule has 8 heteroatoms. The third-order valence-corrected chi connectivity index (χ3v) is 5.96. The quantitative estimate of drug-likeness (QED) is 0.366. The van der Waals surface area contributed by atoms with Gasteiger partial charge >= 0.3 is 0 Å². The van der Waals surface area contributed by atoms with Crippen molar-refractivity contribution in [1.29, 1.82) is 0 Å². The molecule has 0 aliphatic heterocycles. The number of fused-ring (bicyclic) bond motifs is 3. The molecule has 0 aliphatic carbocycles. The van der Waals surface area contributed by atoms with Crippen molar-refractivity contribution in [3.63, 3.8) is 0 Å². The molecule has 4 aromatic rings. The number of hydrogen-bond donors (Lipinski definition) is 0. The Hall–Kier alpha value is -1.96. The monoisotopic (exact) mass is 388 g/mol. The zero-order chi connectivity index (χ0) is 17.4. The molecule has 0 N–H and O–H groups in total. The first-order chi connectivity index (χ1) is 12.2. The Bertz CT molecular complexity index is 1090. The van der Waals surface area contributed by atoms with Crippen LogP contribution in [-0.2, 0) is 6.54 Å². The fourth-order valence-corrected chi connectivity index (χ4v) is 4.47. The molecule has 0 spiro atoms. The van der Waals surface area contributed by atoms with E-state index in [1.165, 1.54) is 23.1 Å². The van der Waals surface area contributed by atoms with E-state index in [1.54, 1.807) is 12.1 Å². The van der Waals surface area contributed by atoms with Crippen LogP contribution in [0.2, 0.25) is 4.34 Å². The molecule has 0 fully saturated rings. The van der Waals surface area contributed by atoms with Crippen molar-refractivity contribution >= 4 is 62.5 Å². The van der Waals surface area contributed by atoms with E-state index in [2.05, 4.69) is 32.7 Å². The van der Waals surface area contributed by atoms with Crippen LogP contribution in [0.1, 0.15) is 16.6 Å². The Morgan fingerprint density at radius 1 is 1.24 bits per heavy atom. The Kier molecular flexibility index (Phi) is 4.45. The second-order valence-corrected chi connectivity index (χ2v) is 8.00. The summed E-state index contributed by atoms with van der Waals surface area (Å²) in [4.78, 5) is 17.5. The maximum absolute atomic E-state index is 12.2. The number of rotatable bonds is 5. The minimum Gasteiger partial charge on any atom is -0.324 e. The van der Waals surface area contributed by atoms with Gasteiger partial charge in [0.2, 0.25) is 5.16 Å². The molecule has 3 heterocycles. The van der Waals surface area contributed by atoms with Crippen molar-refractivity contribution in [3.8, 4) is 0 Å². The summed E-state index contributed by atoms with van der Waals surface area (Å²) in [5, 5.41) is 10.1. The lowest BCUT2D eigenvalue weighted by molar-refractivity contribution is 0.102. The van der Waals surface area contributed by atoms with Gasteiger partial charge in [0, 0.05) is 11.9 Å². The normalized spacial score (nSPS) is 11.4. The van der Waals surface area contributed by atoms with Gasteiger partial charge in [0.1, 0.15) is 5.52 Å². The van der Waals surface area contributed by atoms with Crippen molar-refractivity contribution in [1.82, 2.24) is 19.7 Å². The van der Waals surface area contributed by atoms with E-state index in [1.807, 2.05) is 18.2 Å². The molecule has 3 aromatic heterocycles. The largest absolute Gasteiger partial charge is 0.324 e. The van der Waals surface area contributed by atoms with E-state index in [0.717, 1.165) is 28.6 Å². The number of hydrogen-bond acceptors (Lipinski definition) is 6. The Morgan fingerprint density at radius 2 is 2.08 bits per heavy atom. The van der Waals surface area contributed by atoms with Crippen molar-refractivity contribution in [3.05, 3.63) is 45.6 Å². The Labute approximate surface area is 157 Å². The molecule has 0 aliphatic rings. The van der Waals surface area contributed by atoms with Crippen LogP contribution in [0.5, 0.6) is 0 Å². The van der Waals surface area contributed by atoms with Gasteiger partial charge in [-0.15, -0.1) is 21.5 Å². The minimum absolute atomic E-state index is 0.0154. The highest BCUT2D eigenvalue weighted by Crippen LogP contribution is 2.28. The number of carbonyl (C=O) groups excluding carboxylic acids is 1. The molecule has 0 bridgehead atoms. The zero-order valence-electron chi connectivity index (χ0n) is 13.3. The van der Waals surface area contributed by atoms with Crippen molar-refractivity contribution in [2.45, 2.75) is 18.6 Å². The minimum atomic E-state index is 0.0154. The lowest BCUT2D eigenvalue weighted by Crippen LogP contribution is -2.02. The Morgan fingerprint density at radius 3 is 2.84 bits per heavy atom. The van der Waals surface area contributed by atoms with Crippen LogP contribution in [0.3, 0.4) is 0 Å². The molecule has 1 aromatic carbocycles. The average molecular weight is 389 g/mol. The van der Waals surface area contributed by atoms with Crippen LogP contribution < -0.4 is 0 Å². The predicted octanol–water partition coefficient (Wildman–Crippen LogP) is 4.69. The van der Waals surface area contributed by atoms with E-state index < -0.39 is 0 Å². The first-order valence-electron chi connectivity index (χ1n) is 7.70. The number of aromatic nitrogens is 4. The summed E-state index contributed by atoms with van der Waals surface area (Å²) in [5.74, 6) is 0.276. The van der Waals surface area contributed by atoms with Crippen LogP contribution in [0.15, 0.2) is 41.6 Å². The number of thioether (sulfide) groups is 1. The molecule has 0 amide bonds. The van der Waals surface area contributed by atoms with Crippen LogP contribution >= 0.6 is 34.7 Å². The molecule has 0 unspecified atom stereocenters.